The van der Waals surface area contributed by atoms with E-state index in [4.69, 9.17) is 4.74 Å². The molecule has 0 N–H and O–H groups in total. The Kier molecular flexibility index (Phi) is 14.3. The second kappa shape index (κ2) is 19.8. The third-order valence-electron chi connectivity index (χ3n) is 14.2. The number of fused-ring (bicyclic) bond motifs is 6. The zero-order valence-corrected chi connectivity index (χ0v) is 36.9. The molecule has 58 heavy (non-hydrogen) atoms. The van der Waals surface area contributed by atoms with Crippen molar-refractivity contribution in [3.05, 3.63) is 125 Å². The first-order chi connectivity index (χ1) is 28.5. The Hall–Kier alpha value is -4.10. The first-order valence-electron chi connectivity index (χ1n) is 23.7. The van der Waals surface area contributed by atoms with Crippen LogP contribution in [0, 0.1) is 0 Å². The van der Waals surface area contributed by atoms with Gasteiger partial charge < -0.3 is 4.74 Å². The van der Waals surface area contributed by atoms with E-state index in [2.05, 4.69) is 131 Å². The fourth-order valence-electron chi connectivity index (χ4n) is 11.0. The number of rotatable bonds is 23. The molecular weight excluding hydrogens is 701 g/mol. The number of benzene rings is 5. The lowest BCUT2D eigenvalue weighted by molar-refractivity contribution is 0.401. The predicted octanol–water partition coefficient (Wildman–Crippen LogP) is 17.4. The molecular formula is C57H72O. The van der Waals surface area contributed by atoms with Gasteiger partial charge >= 0.3 is 0 Å². The summed E-state index contributed by atoms with van der Waals surface area (Å²) < 4.78 is 5.53. The van der Waals surface area contributed by atoms with E-state index in [1.165, 1.54) is 173 Å². The average Bonchev–Trinajstić information content (AvgIpc) is 3.70. The molecule has 1 nitrogen and oxygen atoms in total. The van der Waals surface area contributed by atoms with Gasteiger partial charge in [-0.1, -0.05) is 203 Å². The maximum Gasteiger partial charge on any atom is 0.118 e. The van der Waals surface area contributed by atoms with Gasteiger partial charge in [-0.2, -0.15) is 0 Å². The van der Waals surface area contributed by atoms with Gasteiger partial charge in [0.1, 0.15) is 5.75 Å². The third kappa shape index (κ3) is 8.48. The Morgan fingerprint density at radius 3 is 1.09 bits per heavy atom. The highest BCUT2D eigenvalue weighted by Gasteiger charge is 2.44. The quantitative estimate of drug-likeness (QED) is 0.0601. The first-order valence-corrected chi connectivity index (χ1v) is 23.7. The van der Waals surface area contributed by atoms with Crippen LogP contribution in [-0.2, 0) is 10.8 Å². The van der Waals surface area contributed by atoms with Crippen molar-refractivity contribution in [3.63, 3.8) is 0 Å². The van der Waals surface area contributed by atoms with Crippen LogP contribution in [0.1, 0.15) is 178 Å². The lowest BCUT2D eigenvalue weighted by atomic mass is 9.69. The number of ether oxygens (including phenoxy) is 1. The van der Waals surface area contributed by atoms with Gasteiger partial charge in [0.05, 0.1) is 7.11 Å². The lowest BCUT2D eigenvalue weighted by Gasteiger charge is -2.34. The molecule has 0 saturated carbocycles. The Labute approximate surface area is 353 Å². The molecule has 0 saturated heterocycles. The van der Waals surface area contributed by atoms with Crippen LogP contribution in [0.15, 0.2) is 103 Å². The standard InChI is InChI=1S/C57H72O/c1-6-10-14-20-36-56(37-21-15-11-7-2)52-25-19-18-24-48(52)49-34-29-45(41-53(49)56)46-30-35-51-50-33-28-44(43-26-31-47(58-5)32-27-43)40-54(50)57(55(51)42-46,38-22-16-12-8-3)39-23-17-13-9-4/h18-19,24-35,40-42H,6-17,20-23,36-39H2,1-5H3. The molecule has 0 heterocycles. The van der Waals surface area contributed by atoms with Crippen molar-refractivity contribution in [1.29, 1.82) is 0 Å². The molecule has 0 aromatic heterocycles. The fourth-order valence-corrected chi connectivity index (χ4v) is 11.0. The molecule has 0 amide bonds. The van der Waals surface area contributed by atoms with Crippen LogP contribution >= 0.6 is 0 Å². The van der Waals surface area contributed by atoms with Gasteiger partial charge in [0.15, 0.2) is 0 Å². The molecule has 7 rings (SSSR count). The van der Waals surface area contributed by atoms with E-state index >= 15 is 0 Å². The minimum atomic E-state index is 0.0138. The largest absolute Gasteiger partial charge is 0.497 e. The number of hydrogen-bond donors (Lipinski definition) is 0. The van der Waals surface area contributed by atoms with Gasteiger partial charge in [-0.05, 0) is 123 Å². The smallest absolute Gasteiger partial charge is 0.118 e. The van der Waals surface area contributed by atoms with Crippen molar-refractivity contribution in [2.24, 2.45) is 0 Å². The summed E-state index contributed by atoms with van der Waals surface area (Å²) in [4.78, 5) is 0. The van der Waals surface area contributed by atoms with Crippen LogP contribution in [-0.4, -0.2) is 7.11 Å². The Balaban J connectivity index is 1.34. The highest BCUT2D eigenvalue weighted by atomic mass is 16.5. The van der Waals surface area contributed by atoms with Crippen molar-refractivity contribution in [3.8, 4) is 50.3 Å². The summed E-state index contributed by atoms with van der Waals surface area (Å²) in [5.74, 6) is 0.909. The summed E-state index contributed by atoms with van der Waals surface area (Å²) in [6.45, 7) is 9.36. The zero-order chi connectivity index (χ0) is 40.4. The molecule has 0 spiro atoms. The molecule has 2 aliphatic carbocycles. The molecule has 306 valence electrons. The molecule has 2 aliphatic rings. The van der Waals surface area contributed by atoms with Crippen molar-refractivity contribution in [2.75, 3.05) is 7.11 Å². The summed E-state index contributed by atoms with van der Waals surface area (Å²) >= 11 is 0. The van der Waals surface area contributed by atoms with Crippen LogP contribution in [0.2, 0.25) is 0 Å². The van der Waals surface area contributed by atoms with E-state index < -0.39 is 0 Å². The number of hydrogen-bond acceptors (Lipinski definition) is 1. The van der Waals surface area contributed by atoms with Crippen LogP contribution in [0.5, 0.6) is 5.75 Å². The number of methoxy groups -OCH3 is 1. The van der Waals surface area contributed by atoms with Crippen LogP contribution in [0.4, 0.5) is 0 Å². The van der Waals surface area contributed by atoms with E-state index in [1.807, 2.05) is 0 Å². The summed E-state index contributed by atoms with van der Waals surface area (Å²) in [6, 6.07) is 40.7. The second-order valence-corrected chi connectivity index (χ2v) is 18.0. The minimum absolute atomic E-state index is 0.0138. The van der Waals surface area contributed by atoms with E-state index in [1.54, 1.807) is 29.4 Å². The van der Waals surface area contributed by atoms with Gasteiger partial charge in [-0.15, -0.1) is 0 Å². The third-order valence-corrected chi connectivity index (χ3v) is 14.2. The van der Waals surface area contributed by atoms with Crippen molar-refractivity contribution < 1.29 is 4.74 Å². The topological polar surface area (TPSA) is 9.23 Å². The normalized spacial score (nSPS) is 14.2. The molecule has 0 unspecified atom stereocenters. The lowest BCUT2D eigenvalue weighted by Crippen LogP contribution is -2.26. The maximum absolute atomic E-state index is 5.53. The van der Waals surface area contributed by atoms with Crippen molar-refractivity contribution in [2.45, 2.75) is 167 Å². The molecule has 0 atom stereocenters. The molecule has 0 radical (unpaired) electrons. The van der Waals surface area contributed by atoms with Crippen LogP contribution in [0.3, 0.4) is 0 Å². The summed E-state index contributed by atoms with van der Waals surface area (Å²) in [7, 11) is 1.75. The molecule has 0 bridgehead atoms. The van der Waals surface area contributed by atoms with E-state index in [-0.39, 0.29) is 10.8 Å². The van der Waals surface area contributed by atoms with Gasteiger partial charge in [0, 0.05) is 10.8 Å². The first kappa shape index (κ1) is 42.0. The molecule has 0 fully saturated rings. The van der Waals surface area contributed by atoms with Crippen molar-refractivity contribution >= 4 is 0 Å². The van der Waals surface area contributed by atoms with Gasteiger partial charge in [-0.25, -0.2) is 0 Å². The van der Waals surface area contributed by atoms with E-state index in [0.717, 1.165) is 5.75 Å². The Morgan fingerprint density at radius 2 is 0.690 bits per heavy atom. The Morgan fingerprint density at radius 1 is 0.345 bits per heavy atom. The summed E-state index contributed by atoms with van der Waals surface area (Å²) in [5.41, 5.74) is 17.6. The van der Waals surface area contributed by atoms with Crippen LogP contribution < -0.4 is 4.74 Å². The van der Waals surface area contributed by atoms with Gasteiger partial charge in [0.25, 0.3) is 0 Å². The van der Waals surface area contributed by atoms with Gasteiger partial charge in [-0.3, -0.25) is 0 Å². The monoisotopic (exact) mass is 773 g/mol. The second-order valence-electron chi connectivity index (χ2n) is 18.0. The van der Waals surface area contributed by atoms with Crippen molar-refractivity contribution in [1.82, 2.24) is 0 Å². The van der Waals surface area contributed by atoms with E-state index in [9.17, 15) is 0 Å². The molecule has 5 aromatic rings. The minimum Gasteiger partial charge on any atom is -0.497 e. The SMILES string of the molecule is CCCCCCC1(CCCCCC)c2ccccc2-c2ccc(-c3ccc4c(c3)C(CCCCCC)(CCCCCC)c3cc(-c5ccc(OC)cc5)ccc3-4)cc21. The zero-order valence-electron chi connectivity index (χ0n) is 36.9. The van der Waals surface area contributed by atoms with Crippen LogP contribution in [0.25, 0.3) is 44.5 Å². The average molecular weight is 773 g/mol. The Bertz CT molecular complexity index is 2060. The maximum atomic E-state index is 5.53. The highest BCUT2D eigenvalue weighted by Crippen LogP contribution is 2.58. The van der Waals surface area contributed by atoms with Gasteiger partial charge in [0.2, 0.25) is 0 Å². The fraction of sp³-hybridized carbons (Fsp3) is 0.474. The molecule has 0 aliphatic heterocycles. The predicted molar refractivity (Wildman–Crippen MR) is 251 cm³/mol. The summed E-state index contributed by atoms with van der Waals surface area (Å²) in [5, 5.41) is 0. The number of unbranched alkanes of at least 4 members (excludes halogenated alkanes) is 12. The summed E-state index contributed by atoms with van der Waals surface area (Å²) in [6.07, 6.45) is 25.7. The highest BCUT2D eigenvalue weighted by molar-refractivity contribution is 5.88. The molecule has 1 heteroatoms. The van der Waals surface area contributed by atoms with E-state index in [0.29, 0.717) is 0 Å². The molecule has 5 aromatic carbocycles.